The number of rotatable bonds is 6. The van der Waals surface area contributed by atoms with Gasteiger partial charge in [0.1, 0.15) is 5.82 Å². The van der Waals surface area contributed by atoms with E-state index in [9.17, 15) is 4.39 Å². The van der Waals surface area contributed by atoms with Crippen LogP contribution >= 0.6 is 0 Å². The third kappa shape index (κ3) is 4.26. The summed E-state index contributed by atoms with van der Waals surface area (Å²) in [7, 11) is 0. The summed E-state index contributed by atoms with van der Waals surface area (Å²) in [5.74, 6) is -0.254. The fourth-order valence-corrected chi connectivity index (χ4v) is 3.49. The van der Waals surface area contributed by atoms with E-state index in [1.165, 1.54) is 17.7 Å². The first-order valence-corrected chi connectivity index (χ1v) is 9.43. The van der Waals surface area contributed by atoms with Crippen molar-refractivity contribution in [2.45, 2.75) is 32.4 Å². The molecule has 1 unspecified atom stereocenters. The summed E-state index contributed by atoms with van der Waals surface area (Å²) in [5.41, 5.74) is 4.80. The molecular formula is C22H24FN3O. The van der Waals surface area contributed by atoms with Gasteiger partial charge in [0.15, 0.2) is 0 Å². The van der Waals surface area contributed by atoms with Crippen LogP contribution in [-0.2, 0) is 11.3 Å². The largest absolute Gasteiger partial charge is 0.377 e. The van der Waals surface area contributed by atoms with E-state index in [-0.39, 0.29) is 11.9 Å². The van der Waals surface area contributed by atoms with Gasteiger partial charge in [-0.25, -0.2) is 9.07 Å². The fraction of sp³-hybridized carbons (Fsp3) is 0.318. The molecule has 1 N–H and O–H groups in total. The molecule has 1 fully saturated rings. The first-order valence-electron chi connectivity index (χ1n) is 9.43. The number of benzene rings is 2. The number of hydrogen-bond donors (Lipinski definition) is 1. The number of nitrogens with one attached hydrogen (secondary N) is 1. The van der Waals surface area contributed by atoms with Gasteiger partial charge in [0, 0.05) is 37.0 Å². The molecule has 0 aliphatic carbocycles. The Bertz CT molecular complexity index is 915. The third-order valence-corrected chi connectivity index (χ3v) is 4.87. The zero-order valence-corrected chi connectivity index (χ0v) is 15.5. The second-order valence-corrected chi connectivity index (χ2v) is 7.06. The van der Waals surface area contributed by atoms with Crippen molar-refractivity contribution in [1.29, 1.82) is 0 Å². The van der Waals surface area contributed by atoms with Crippen molar-refractivity contribution < 1.29 is 9.13 Å². The maximum Gasteiger partial charge on any atom is 0.123 e. The number of aryl methyl sites for hydroxylation is 1. The highest BCUT2D eigenvalue weighted by Crippen LogP contribution is 2.25. The van der Waals surface area contributed by atoms with Gasteiger partial charge in [-0.05, 0) is 49.6 Å². The lowest BCUT2D eigenvalue weighted by molar-refractivity contribution is 0.110. The topological polar surface area (TPSA) is 39.1 Å². The van der Waals surface area contributed by atoms with Crippen molar-refractivity contribution in [3.05, 3.63) is 71.7 Å². The molecule has 5 heteroatoms. The van der Waals surface area contributed by atoms with Crippen molar-refractivity contribution in [2.75, 3.05) is 13.2 Å². The lowest BCUT2D eigenvalue weighted by Crippen LogP contribution is -2.25. The van der Waals surface area contributed by atoms with Crippen molar-refractivity contribution in [3.8, 4) is 16.9 Å². The number of ether oxygens (including phenoxy) is 1. The molecule has 3 aromatic rings. The Kier molecular flexibility index (Phi) is 5.32. The molecule has 0 bridgehead atoms. The van der Waals surface area contributed by atoms with Gasteiger partial charge in [0.25, 0.3) is 0 Å². The average Bonchev–Trinajstić information content (AvgIpc) is 3.32. The van der Waals surface area contributed by atoms with Crippen LogP contribution in [0, 0.1) is 12.7 Å². The first kappa shape index (κ1) is 17.9. The summed E-state index contributed by atoms with van der Waals surface area (Å²) in [5, 5.41) is 8.23. The molecule has 1 saturated heterocycles. The van der Waals surface area contributed by atoms with E-state index in [4.69, 9.17) is 9.84 Å². The quantitative estimate of drug-likeness (QED) is 0.710. The zero-order chi connectivity index (χ0) is 18.6. The van der Waals surface area contributed by atoms with Gasteiger partial charge >= 0.3 is 0 Å². The Morgan fingerprint density at radius 2 is 2.11 bits per heavy atom. The molecule has 2 heterocycles. The third-order valence-electron chi connectivity index (χ3n) is 4.87. The Morgan fingerprint density at radius 1 is 1.22 bits per heavy atom. The van der Waals surface area contributed by atoms with E-state index in [1.54, 1.807) is 6.07 Å². The minimum absolute atomic E-state index is 0.254. The normalized spacial score (nSPS) is 16.7. The molecule has 140 valence electrons. The summed E-state index contributed by atoms with van der Waals surface area (Å²) >= 11 is 0. The zero-order valence-electron chi connectivity index (χ0n) is 15.5. The Hall–Kier alpha value is -2.50. The van der Waals surface area contributed by atoms with Gasteiger partial charge < -0.3 is 10.1 Å². The van der Waals surface area contributed by atoms with Gasteiger partial charge in [0.05, 0.1) is 17.5 Å². The van der Waals surface area contributed by atoms with Crippen LogP contribution in [-0.4, -0.2) is 29.0 Å². The van der Waals surface area contributed by atoms with E-state index in [2.05, 4.69) is 24.4 Å². The second-order valence-electron chi connectivity index (χ2n) is 7.06. The maximum atomic E-state index is 13.8. The molecular weight excluding hydrogens is 341 g/mol. The average molecular weight is 365 g/mol. The molecule has 1 aliphatic heterocycles. The summed E-state index contributed by atoms with van der Waals surface area (Å²) in [6, 6.07) is 14.8. The van der Waals surface area contributed by atoms with Crippen molar-refractivity contribution in [1.82, 2.24) is 15.1 Å². The highest BCUT2D eigenvalue weighted by molar-refractivity contribution is 5.63. The second kappa shape index (κ2) is 8.03. The molecule has 0 amide bonds. The van der Waals surface area contributed by atoms with Crippen molar-refractivity contribution >= 4 is 0 Å². The lowest BCUT2D eigenvalue weighted by atomic mass is 10.1. The minimum atomic E-state index is -0.254. The van der Waals surface area contributed by atoms with Gasteiger partial charge in [-0.3, -0.25) is 0 Å². The van der Waals surface area contributed by atoms with Crippen LogP contribution < -0.4 is 5.32 Å². The number of aromatic nitrogens is 2. The molecule has 4 nitrogen and oxygen atoms in total. The van der Waals surface area contributed by atoms with E-state index >= 15 is 0 Å². The van der Waals surface area contributed by atoms with Crippen LogP contribution in [0.2, 0.25) is 0 Å². The van der Waals surface area contributed by atoms with Crippen molar-refractivity contribution in [3.63, 3.8) is 0 Å². The van der Waals surface area contributed by atoms with Gasteiger partial charge in [-0.2, -0.15) is 5.10 Å². The Balaban J connectivity index is 1.62. The van der Waals surface area contributed by atoms with Crippen LogP contribution in [0.3, 0.4) is 0 Å². The number of nitrogens with zero attached hydrogens (tertiary/aromatic N) is 2. The van der Waals surface area contributed by atoms with E-state index in [0.717, 1.165) is 48.5 Å². The van der Waals surface area contributed by atoms with Crippen LogP contribution in [0.15, 0.2) is 54.7 Å². The summed E-state index contributed by atoms with van der Waals surface area (Å²) in [6.45, 7) is 4.40. The number of hydrogen-bond acceptors (Lipinski definition) is 3. The maximum absolute atomic E-state index is 13.8. The monoisotopic (exact) mass is 365 g/mol. The van der Waals surface area contributed by atoms with Crippen molar-refractivity contribution in [2.24, 2.45) is 0 Å². The standard InChI is InChI=1S/C22H24FN3O/c1-16-5-2-8-20(11-16)26-15-18(13-24-14-21-9-4-10-27-21)22(25-26)17-6-3-7-19(23)12-17/h2-3,5-8,11-12,15,21,24H,4,9-10,13-14H2,1H3. The molecule has 4 rings (SSSR count). The van der Waals surface area contributed by atoms with Crippen LogP contribution in [0.25, 0.3) is 16.9 Å². The molecule has 2 aromatic carbocycles. The molecule has 0 spiro atoms. The summed E-state index contributed by atoms with van der Waals surface area (Å²) < 4.78 is 21.3. The molecule has 1 aliphatic rings. The summed E-state index contributed by atoms with van der Waals surface area (Å²) in [4.78, 5) is 0. The van der Waals surface area contributed by atoms with Crippen LogP contribution in [0.4, 0.5) is 4.39 Å². The molecule has 0 radical (unpaired) electrons. The predicted molar refractivity (Wildman–Crippen MR) is 104 cm³/mol. The molecule has 27 heavy (non-hydrogen) atoms. The minimum Gasteiger partial charge on any atom is -0.377 e. The Labute approximate surface area is 159 Å². The van der Waals surface area contributed by atoms with Crippen LogP contribution in [0.1, 0.15) is 24.0 Å². The summed E-state index contributed by atoms with van der Waals surface area (Å²) in [6.07, 6.45) is 4.55. The van der Waals surface area contributed by atoms with E-state index in [0.29, 0.717) is 6.54 Å². The fourth-order valence-electron chi connectivity index (χ4n) is 3.49. The van der Waals surface area contributed by atoms with Crippen LogP contribution in [0.5, 0.6) is 0 Å². The smallest absolute Gasteiger partial charge is 0.123 e. The SMILES string of the molecule is Cc1cccc(-n2cc(CNCC3CCCO3)c(-c3cccc(F)c3)n2)c1. The predicted octanol–water partition coefficient (Wildman–Crippen LogP) is 4.26. The highest BCUT2D eigenvalue weighted by Gasteiger charge is 2.17. The van der Waals surface area contributed by atoms with Gasteiger partial charge in [0.2, 0.25) is 0 Å². The van der Waals surface area contributed by atoms with E-state index in [1.807, 2.05) is 29.1 Å². The molecule has 0 saturated carbocycles. The molecule has 1 atom stereocenters. The van der Waals surface area contributed by atoms with E-state index < -0.39 is 0 Å². The van der Waals surface area contributed by atoms with Gasteiger partial charge in [-0.1, -0.05) is 24.3 Å². The van der Waals surface area contributed by atoms with Gasteiger partial charge in [-0.15, -0.1) is 0 Å². The molecule has 1 aromatic heterocycles. The first-order chi connectivity index (χ1) is 13.2. The lowest BCUT2D eigenvalue weighted by Gasteiger charge is -2.10. The number of halogens is 1. The highest BCUT2D eigenvalue weighted by atomic mass is 19.1. The Morgan fingerprint density at radius 3 is 2.89 bits per heavy atom.